The van der Waals surface area contributed by atoms with Crippen molar-refractivity contribution in [3.05, 3.63) is 23.8 Å². The second kappa shape index (κ2) is 6.03. The number of rotatable bonds is 4. The first-order valence-corrected chi connectivity index (χ1v) is 8.03. The number of sulfonamides is 1. The molecule has 0 heterocycles. The highest BCUT2D eigenvalue weighted by Gasteiger charge is 2.23. The predicted molar refractivity (Wildman–Crippen MR) is 80.8 cm³/mol. The molecule has 1 rings (SSSR count). The molecule has 0 spiro atoms. The summed E-state index contributed by atoms with van der Waals surface area (Å²) >= 11 is 0. The minimum Gasteiger partial charge on any atom is -0.495 e. The van der Waals surface area contributed by atoms with Crippen LogP contribution in [0.25, 0.3) is 0 Å². The summed E-state index contributed by atoms with van der Waals surface area (Å²) in [6.07, 6.45) is 0. The Labute approximate surface area is 125 Å². The molecular formula is C14H22N2O4S. The Morgan fingerprint density at radius 1 is 1.33 bits per heavy atom. The highest BCUT2D eigenvalue weighted by molar-refractivity contribution is 7.89. The Kier molecular flexibility index (Phi) is 5.01. The third-order valence-corrected chi connectivity index (χ3v) is 4.31. The minimum absolute atomic E-state index is 0.0787. The molecule has 1 unspecified atom stereocenters. The van der Waals surface area contributed by atoms with E-state index < -0.39 is 10.0 Å². The van der Waals surface area contributed by atoms with Gasteiger partial charge >= 0.3 is 0 Å². The number of methoxy groups -OCH3 is 1. The van der Waals surface area contributed by atoms with Crippen LogP contribution >= 0.6 is 0 Å². The molecular weight excluding hydrogens is 292 g/mol. The van der Waals surface area contributed by atoms with Gasteiger partial charge in [0.1, 0.15) is 10.6 Å². The topological polar surface area (TPSA) is 98.5 Å². The third-order valence-electron chi connectivity index (χ3n) is 3.38. The molecule has 1 aromatic carbocycles. The lowest BCUT2D eigenvalue weighted by molar-refractivity contribution is 0.0910. The van der Waals surface area contributed by atoms with Gasteiger partial charge in [-0.2, -0.15) is 0 Å². The second-order valence-corrected chi connectivity index (χ2v) is 7.50. The summed E-state index contributed by atoms with van der Waals surface area (Å²) in [6, 6.07) is 4.05. The summed E-state index contributed by atoms with van der Waals surface area (Å²) in [5, 5.41) is 7.97. The maximum absolute atomic E-state index is 12.2. The number of ether oxygens (including phenoxy) is 1. The second-order valence-electron chi connectivity index (χ2n) is 5.97. The predicted octanol–water partition coefficient (Wildman–Crippen LogP) is 1.51. The standard InChI is InChI=1S/C14H22N2O4S/c1-9(14(2,3)4)16-13(17)10-6-7-11(20-5)12(8-10)21(15,18)19/h6-9H,1-5H3,(H,16,17)(H2,15,18,19). The van der Waals surface area contributed by atoms with Crippen LogP contribution in [-0.2, 0) is 10.0 Å². The fraction of sp³-hybridized carbons (Fsp3) is 0.500. The summed E-state index contributed by atoms with van der Waals surface area (Å²) in [5.74, 6) is -0.247. The van der Waals surface area contributed by atoms with E-state index in [1.807, 2.05) is 27.7 Å². The van der Waals surface area contributed by atoms with Gasteiger partial charge in [-0.1, -0.05) is 20.8 Å². The van der Waals surface area contributed by atoms with Crippen molar-refractivity contribution in [2.24, 2.45) is 10.6 Å². The molecule has 1 amide bonds. The molecule has 0 aromatic heterocycles. The van der Waals surface area contributed by atoms with Crippen LogP contribution in [0.4, 0.5) is 0 Å². The van der Waals surface area contributed by atoms with E-state index in [-0.39, 0.29) is 33.6 Å². The van der Waals surface area contributed by atoms with E-state index in [0.29, 0.717) is 0 Å². The lowest BCUT2D eigenvalue weighted by Gasteiger charge is -2.28. The Balaban J connectivity index is 3.13. The maximum atomic E-state index is 12.2. The number of hydrogen-bond donors (Lipinski definition) is 2. The third kappa shape index (κ3) is 4.44. The summed E-state index contributed by atoms with van der Waals surface area (Å²) in [5.41, 5.74) is 0.112. The van der Waals surface area contributed by atoms with Crippen molar-refractivity contribution in [2.75, 3.05) is 7.11 Å². The molecule has 0 bridgehead atoms. The minimum atomic E-state index is -3.96. The number of carbonyl (C=O) groups excluding carboxylic acids is 1. The van der Waals surface area contributed by atoms with E-state index in [9.17, 15) is 13.2 Å². The largest absolute Gasteiger partial charge is 0.495 e. The number of hydrogen-bond acceptors (Lipinski definition) is 4. The quantitative estimate of drug-likeness (QED) is 0.880. The van der Waals surface area contributed by atoms with Crippen LogP contribution in [0.15, 0.2) is 23.1 Å². The Morgan fingerprint density at radius 2 is 1.90 bits per heavy atom. The van der Waals surface area contributed by atoms with Gasteiger partial charge in [-0.25, -0.2) is 13.6 Å². The number of amides is 1. The van der Waals surface area contributed by atoms with E-state index >= 15 is 0 Å². The molecule has 3 N–H and O–H groups in total. The van der Waals surface area contributed by atoms with Gasteiger partial charge in [0, 0.05) is 11.6 Å². The Bertz CT molecular complexity index is 633. The lowest BCUT2D eigenvalue weighted by Crippen LogP contribution is -2.41. The number of carbonyl (C=O) groups is 1. The fourth-order valence-corrected chi connectivity index (χ4v) is 2.26. The van der Waals surface area contributed by atoms with Gasteiger partial charge < -0.3 is 10.1 Å². The molecule has 118 valence electrons. The number of nitrogens with two attached hydrogens (primary N) is 1. The van der Waals surface area contributed by atoms with Crippen LogP contribution in [0, 0.1) is 5.41 Å². The van der Waals surface area contributed by atoms with E-state index in [4.69, 9.17) is 9.88 Å². The molecule has 7 heteroatoms. The van der Waals surface area contributed by atoms with Crippen LogP contribution in [-0.4, -0.2) is 27.5 Å². The SMILES string of the molecule is COc1ccc(C(=O)NC(C)C(C)(C)C)cc1S(N)(=O)=O. The van der Waals surface area contributed by atoms with Crippen LogP contribution in [0.1, 0.15) is 38.1 Å². The molecule has 0 saturated heterocycles. The highest BCUT2D eigenvalue weighted by Crippen LogP contribution is 2.24. The van der Waals surface area contributed by atoms with E-state index in [1.54, 1.807) is 0 Å². The zero-order chi connectivity index (χ0) is 16.4. The first-order chi connectivity index (χ1) is 9.46. The molecule has 0 aliphatic rings. The van der Waals surface area contributed by atoms with Gasteiger partial charge in [-0.3, -0.25) is 4.79 Å². The van der Waals surface area contributed by atoms with Gasteiger partial charge in [0.05, 0.1) is 7.11 Å². The molecule has 0 radical (unpaired) electrons. The summed E-state index contributed by atoms with van der Waals surface area (Å²) in [7, 11) is -2.62. The summed E-state index contributed by atoms with van der Waals surface area (Å²) < 4.78 is 28.0. The first-order valence-electron chi connectivity index (χ1n) is 6.48. The molecule has 6 nitrogen and oxygen atoms in total. The van der Waals surface area contributed by atoms with Gasteiger partial charge in [-0.15, -0.1) is 0 Å². The van der Waals surface area contributed by atoms with Crippen molar-refractivity contribution in [3.8, 4) is 5.75 Å². The lowest BCUT2D eigenvalue weighted by atomic mass is 9.88. The van der Waals surface area contributed by atoms with Crippen molar-refractivity contribution in [3.63, 3.8) is 0 Å². The smallest absolute Gasteiger partial charge is 0.251 e. The molecule has 1 aromatic rings. The number of primary sulfonamides is 1. The van der Waals surface area contributed by atoms with Crippen LogP contribution < -0.4 is 15.2 Å². The molecule has 0 aliphatic heterocycles. The summed E-state index contributed by atoms with van der Waals surface area (Å²) in [6.45, 7) is 7.90. The van der Waals surface area contributed by atoms with Crippen molar-refractivity contribution in [1.82, 2.24) is 5.32 Å². The van der Waals surface area contributed by atoms with E-state index in [0.717, 1.165) is 0 Å². The Morgan fingerprint density at radius 3 is 2.33 bits per heavy atom. The maximum Gasteiger partial charge on any atom is 0.251 e. The number of benzene rings is 1. The van der Waals surface area contributed by atoms with Gasteiger partial charge in [0.15, 0.2) is 0 Å². The molecule has 0 saturated carbocycles. The van der Waals surface area contributed by atoms with Crippen LogP contribution in [0.3, 0.4) is 0 Å². The molecule has 0 aliphatic carbocycles. The summed E-state index contributed by atoms with van der Waals surface area (Å²) in [4.78, 5) is 12.0. The highest BCUT2D eigenvalue weighted by atomic mass is 32.2. The van der Waals surface area contributed by atoms with Gasteiger partial charge in [0.2, 0.25) is 10.0 Å². The monoisotopic (exact) mass is 314 g/mol. The van der Waals surface area contributed by atoms with Crippen molar-refractivity contribution < 1.29 is 17.9 Å². The van der Waals surface area contributed by atoms with Gasteiger partial charge in [0.25, 0.3) is 5.91 Å². The van der Waals surface area contributed by atoms with E-state index in [1.165, 1.54) is 25.3 Å². The zero-order valence-electron chi connectivity index (χ0n) is 12.9. The molecule has 21 heavy (non-hydrogen) atoms. The van der Waals surface area contributed by atoms with Crippen molar-refractivity contribution >= 4 is 15.9 Å². The van der Waals surface area contributed by atoms with Gasteiger partial charge in [-0.05, 0) is 30.5 Å². The average molecular weight is 314 g/mol. The molecule has 1 atom stereocenters. The normalized spacial score (nSPS) is 13.6. The van der Waals surface area contributed by atoms with Crippen molar-refractivity contribution in [2.45, 2.75) is 38.6 Å². The fourth-order valence-electron chi connectivity index (χ4n) is 1.54. The first kappa shape index (κ1) is 17.5. The van der Waals surface area contributed by atoms with Crippen molar-refractivity contribution in [1.29, 1.82) is 0 Å². The Hall–Kier alpha value is -1.60. The molecule has 0 fully saturated rings. The average Bonchev–Trinajstić information content (AvgIpc) is 2.35. The zero-order valence-corrected chi connectivity index (χ0v) is 13.7. The number of nitrogens with one attached hydrogen (secondary N) is 1. The van der Waals surface area contributed by atoms with Crippen LogP contribution in [0.2, 0.25) is 0 Å². The van der Waals surface area contributed by atoms with Crippen LogP contribution in [0.5, 0.6) is 5.75 Å². The van der Waals surface area contributed by atoms with E-state index in [2.05, 4.69) is 5.32 Å².